The van der Waals surface area contributed by atoms with E-state index in [-0.39, 0.29) is 5.56 Å². The van der Waals surface area contributed by atoms with E-state index in [9.17, 15) is 4.79 Å². The summed E-state index contributed by atoms with van der Waals surface area (Å²) in [6.07, 6.45) is 0. The van der Waals surface area contributed by atoms with Gasteiger partial charge in [-0.15, -0.1) is 11.3 Å². The van der Waals surface area contributed by atoms with Crippen LogP contribution < -0.4 is 15.6 Å². The second kappa shape index (κ2) is 6.07. The van der Waals surface area contributed by atoms with Crippen molar-refractivity contribution in [1.82, 2.24) is 15.3 Å². The maximum atomic E-state index is 11.8. The molecule has 0 atom stereocenters. The third-order valence-corrected chi connectivity index (χ3v) is 4.05. The summed E-state index contributed by atoms with van der Waals surface area (Å²) < 4.78 is 5.80. The minimum absolute atomic E-state index is 0.0729. The highest BCUT2D eigenvalue weighted by atomic mass is 32.1. The third kappa shape index (κ3) is 3.12. The van der Waals surface area contributed by atoms with Gasteiger partial charge in [0.15, 0.2) is 0 Å². The number of thiophene rings is 1. The molecule has 2 aromatic heterocycles. The highest BCUT2D eigenvalue weighted by molar-refractivity contribution is 7.17. The Morgan fingerprint density at radius 2 is 2.05 bits per heavy atom. The van der Waals surface area contributed by atoms with Crippen LogP contribution in [0.15, 0.2) is 40.5 Å². The number of aromatic amines is 1. The molecule has 0 spiro atoms. The summed E-state index contributed by atoms with van der Waals surface area (Å²) in [5.74, 6) is 1.49. The van der Waals surface area contributed by atoms with Gasteiger partial charge in [0.1, 0.15) is 16.3 Å². The number of nitrogens with one attached hydrogen (secondary N) is 2. The van der Waals surface area contributed by atoms with Crippen LogP contribution in [0.25, 0.3) is 10.2 Å². The van der Waals surface area contributed by atoms with Crippen LogP contribution in [0.5, 0.6) is 5.75 Å². The lowest BCUT2D eigenvalue weighted by atomic mass is 10.2. The summed E-state index contributed by atoms with van der Waals surface area (Å²) in [4.78, 5) is 19.1. The highest BCUT2D eigenvalue weighted by Crippen LogP contribution is 2.14. The third-order valence-electron chi connectivity index (χ3n) is 3.14. The van der Waals surface area contributed by atoms with Crippen molar-refractivity contribution in [2.24, 2.45) is 0 Å². The maximum absolute atomic E-state index is 11.8. The molecule has 2 heterocycles. The van der Waals surface area contributed by atoms with E-state index in [2.05, 4.69) is 15.3 Å². The quantitative estimate of drug-likeness (QED) is 0.759. The van der Waals surface area contributed by atoms with Crippen molar-refractivity contribution in [3.05, 3.63) is 57.5 Å². The molecule has 108 valence electrons. The summed E-state index contributed by atoms with van der Waals surface area (Å²) in [7, 11) is 1.65. The predicted molar refractivity (Wildman–Crippen MR) is 83.8 cm³/mol. The minimum Gasteiger partial charge on any atom is -0.497 e. The number of hydrogen-bond acceptors (Lipinski definition) is 5. The highest BCUT2D eigenvalue weighted by Gasteiger charge is 2.04. The maximum Gasteiger partial charge on any atom is 0.268 e. The average molecular weight is 301 g/mol. The SMILES string of the molecule is COc1ccc(CNCc2nc3ccsc3c(=O)[nH]2)cc1. The normalized spacial score (nSPS) is 10.9. The molecule has 0 aliphatic heterocycles. The molecule has 1 aromatic carbocycles. The molecule has 2 N–H and O–H groups in total. The molecule has 6 heteroatoms. The number of fused-ring (bicyclic) bond motifs is 1. The molecule has 0 amide bonds. The Morgan fingerprint density at radius 3 is 2.81 bits per heavy atom. The standard InChI is InChI=1S/C15H15N3O2S/c1-20-11-4-2-10(3-5-11)8-16-9-13-17-12-6-7-21-14(12)15(19)18-13/h2-7,16H,8-9H2,1H3,(H,17,18,19). The number of methoxy groups -OCH3 is 1. The molecular weight excluding hydrogens is 286 g/mol. The van der Waals surface area contributed by atoms with Gasteiger partial charge in [-0.2, -0.15) is 0 Å². The fourth-order valence-electron chi connectivity index (χ4n) is 2.07. The Labute approximate surface area is 125 Å². The summed E-state index contributed by atoms with van der Waals surface area (Å²) in [5.41, 5.74) is 1.83. The lowest BCUT2D eigenvalue weighted by Crippen LogP contribution is -2.18. The van der Waals surface area contributed by atoms with Crippen LogP contribution in [0.3, 0.4) is 0 Å². The topological polar surface area (TPSA) is 67.0 Å². The van der Waals surface area contributed by atoms with Crippen molar-refractivity contribution in [3.8, 4) is 5.75 Å². The van der Waals surface area contributed by atoms with Crippen molar-refractivity contribution >= 4 is 21.6 Å². The van der Waals surface area contributed by atoms with E-state index in [0.717, 1.165) is 16.8 Å². The van der Waals surface area contributed by atoms with Crippen LogP contribution in [0.2, 0.25) is 0 Å². The van der Waals surface area contributed by atoms with E-state index in [1.807, 2.05) is 35.7 Å². The molecule has 0 saturated heterocycles. The van der Waals surface area contributed by atoms with Gasteiger partial charge in [0, 0.05) is 6.54 Å². The Bertz CT molecular complexity index is 793. The predicted octanol–water partition coefficient (Wildman–Crippen LogP) is 2.28. The molecule has 5 nitrogen and oxygen atoms in total. The van der Waals surface area contributed by atoms with Gasteiger partial charge in [-0.25, -0.2) is 4.98 Å². The number of nitrogens with zero attached hydrogens (tertiary/aromatic N) is 1. The molecule has 21 heavy (non-hydrogen) atoms. The molecular formula is C15H15N3O2S. The van der Waals surface area contributed by atoms with Crippen molar-refractivity contribution in [2.75, 3.05) is 7.11 Å². The Kier molecular flexibility index (Phi) is 3.98. The lowest BCUT2D eigenvalue weighted by Gasteiger charge is -2.06. The average Bonchev–Trinajstić information content (AvgIpc) is 2.97. The van der Waals surface area contributed by atoms with E-state index in [1.165, 1.54) is 11.3 Å². The zero-order valence-electron chi connectivity index (χ0n) is 11.6. The fraction of sp³-hybridized carbons (Fsp3) is 0.200. The first-order valence-corrected chi connectivity index (χ1v) is 7.44. The van der Waals surface area contributed by atoms with E-state index < -0.39 is 0 Å². The zero-order valence-corrected chi connectivity index (χ0v) is 12.4. The number of hydrogen-bond donors (Lipinski definition) is 2. The van der Waals surface area contributed by atoms with Gasteiger partial charge in [0.2, 0.25) is 0 Å². The molecule has 0 unspecified atom stereocenters. The van der Waals surface area contributed by atoms with Gasteiger partial charge in [-0.05, 0) is 29.1 Å². The summed E-state index contributed by atoms with van der Waals surface area (Å²) in [6.45, 7) is 1.22. The van der Waals surface area contributed by atoms with Crippen LogP contribution in [0.4, 0.5) is 0 Å². The molecule has 0 aliphatic carbocycles. The van der Waals surface area contributed by atoms with Crippen LogP contribution in [0, 0.1) is 0 Å². The first-order valence-electron chi connectivity index (χ1n) is 6.56. The Hall–Kier alpha value is -2.18. The number of H-pyrrole nitrogens is 1. The van der Waals surface area contributed by atoms with E-state index in [1.54, 1.807) is 7.11 Å². The summed E-state index contributed by atoms with van der Waals surface area (Å²) in [6, 6.07) is 9.72. The van der Waals surface area contributed by atoms with E-state index in [4.69, 9.17) is 4.74 Å². The van der Waals surface area contributed by atoms with Crippen LogP contribution in [0.1, 0.15) is 11.4 Å². The largest absolute Gasteiger partial charge is 0.497 e. The Balaban J connectivity index is 1.64. The van der Waals surface area contributed by atoms with Crippen molar-refractivity contribution in [1.29, 1.82) is 0 Å². The molecule has 3 rings (SSSR count). The van der Waals surface area contributed by atoms with E-state index in [0.29, 0.717) is 23.6 Å². The minimum atomic E-state index is -0.0729. The van der Waals surface area contributed by atoms with Gasteiger partial charge >= 0.3 is 0 Å². The first-order chi connectivity index (χ1) is 10.3. The van der Waals surface area contributed by atoms with Crippen LogP contribution in [-0.2, 0) is 13.1 Å². The monoisotopic (exact) mass is 301 g/mol. The first kappa shape index (κ1) is 13.8. The van der Waals surface area contributed by atoms with Gasteiger partial charge in [-0.1, -0.05) is 12.1 Å². The number of aromatic nitrogens is 2. The smallest absolute Gasteiger partial charge is 0.268 e. The number of rotatable bonds is 5. The fourth-order valence-corrected chi connectivity index (χ4v) is 2.80. The van der Waals surface area contributed by atoms with Crippen molar-refractivity contribution in [3.63, 3.8) is 0 Å². The lowest BCUT2D eigenvalue weighted by molar-refractivity contribution is 0.414. The van der Waals surface area contributed by atoms with Crippen molar-refractivity contribution < 1.29 is 4.74 Å². The van der Waals surface area contributed by atoms with Gasteiger partial charge in [0.25, 0.3) is 5.56 Å². The zero-order chi connectivity index (χ0) is 14.7. The number of ether oxygens (including phenoxy) is 1. The summed E-state index contributed by atoms with van der Waals surface area (Å²) >= 11 is 1.41. The second-order valence-corrected chi connectivity index (χ2v) is 5.52. The molecule has 3 aromatic rings. The molecule has 0 radical (unpaired) electrons. The van der Waals surface area contributed by atoms with Gasteiger partial charge in [0.05, 0.1) is 19.2 Å². The van der Waals surface area contributed by atoms with Crippen LogP contribution >= 0.6 is 11.3 Å². The second-order valence-electron chi connectivity index (χ2n) is 4.60. The molecule has 0 aliphatic rings. The van der Waals surface area contributed by atoms with Gasteiger partial charge < -0.3 is 15.0 Å². The van der Waals surface area contributed by atoms with Crippen molar-refractivity contribution in [2.45, 2.75) is 13.1 Å². The van der Waals surface area contributed by atoms with Gasteiger partial charge in [-0.3, -0.25) is 4.79 Å². The van der Waals surface area contributed by atoms with E-state index >= 15 is 0 Å². The number of benzene rings is 1. The molecule has 0 saturated carbocycles. The van der Waals surface area contributed by atoms with Crippen LogP contribution in [-0.4, -0.2) is 17.1 Å². The Morgan fingerprint density at radius 1 is 1.24 bits per heavy atom. The molecule has 0 fully saturated rings. The molecule has 0 bridgehead atoms. The summed E-state index contributed by atoms with van der Waals surface area (Å²) in [5, 5.41) is 5.15.